The molecule has 1 atom stereocenters. The zero-order chi connectivity index (χ0) is 16.2. The van der Waals surface area contributed by atoms with Gasteiger partial charge in [0.05, 0.1) is 14.2 Å². The summed E-state index contributed by atoms with van der Waals surface area (Å²) < 4.78 is 10.5. The molecule has 0 bridgehead atoms. The first-order valence-electron chi connectivity index (χ1n) is 8.47. The molecule has 2 saturated heterocycles. The summed E-state index contributed by atoms with van der Waals surface area (Å²) in [7, 11) is 3.19. The highest BCUT2D eigenvalue weighted by Crippen LogP contribution is 2.30. The Morgan fingerprint density at radius 3 is 2.42 bits per heavy atom. The van der Waals surface area contributed by atoms with E-state index in [0.29, 0.717) is 29.0 Å². The first-order valence-corrected chi connectivity index (χ1v) is 8.47. The van der Waals surface area contributed by atoms with Gasteiger partial charge in [-0.3, -0.25) is 4.79 Å². The highest BCUT2D eigenvalue weighted by Gasteiger charge is 2.30. The van der Waals surface area contributed by atoms with Crippen LogP contribution in [0.2, 0.25) is 0 Å². The number of benzene rings is 1. The molecule has 0 spiro atoms. The van der Waals surface area contributed by atoms with Gasteiger partial charge in [-0.05, 0) is 56.3 Å². The number of nitrogens with zero attached hydrogens (tertiary/aromatic N) is 1. The molecule has 1 amide bonds. The van der Waals surface area contributed by atoms with Gasteiger partial charge in [0.15, 0.2) is 11.5 Å². The summed E-state index contributed by atoms with van der Waals surface area (Å²) in [5.74, 6) is 2.05. The van der Waals surface area contributed by atoms with Crippen LogP contribution in [0.4, 0.5) is 0 Å². The Kier molecular flexibility index (Phi) is 6.75. The van der Waals surface area contributed by atoms with Crippen LogP contribution in [0.15, 0.2) is 18.2 Å². The van der Waals surface area contributed by atoms with Crippen molar-refractivity contribution >= 4 is 18.3 Å². The SMILES string of the molecule is COc1ccc(C(=O)N2CCC(C3CCCN3)CC2)cc1OC.Cl. The first kappa shape index (κ1) is 18.9. The fourth-order valence-electron chi connectivity index (χ4n) is 3.77. The third-order valence-electron chi connectivity index (χ3n) is 5.12. The fourth-order valence-corrected chi connectivity index (χ4v) is 3.77. The molecule has 2 aliphatic rings. The maximum absolute atomic E-state index is 12.7. The average Bonchev–Trinajstić information content (AvgIpc) is 3.15. The Labute approximate surface area is 150 Å². The number of ether oxygens (including phenoxy) is 2. The van der Waals surface area contributed by atoms with E-state index in [2.05, 4.69) is 5.32 Å². The van der Waals surface area contributed by atoms with Crippen molar-refractivity contribution in [2.75, 3.05) is 33.9 Å². The lowest BCUT2D eigenvalue weighted by atomic mass is 9.88. The van der Waals surface area contributed by atoms with Crippen molar-refractivity contribution in [3.63, 3.8) is 0 Å². The van der Waals surface area contributed by atoms with Crippen molar-refractivity contribution in [3.8, 4) is 11.5 Å². The minimum absolute atomic E-state index is 0. The average molecular weight is 355 g/mol. The summed E-state index contributed by atoms with van der Waals surface area (Å²) in [6.45, 7) is 2.83. The molecule has 6 heteroatoms. The Morgan fingerprint density at radius 1 is 1.12 bits per heavy atom. The molecule has 3 rings (SSSR count). The Morgan fingerprint density at radius 2 is 1.83 bits per heavy atom. The fraction of sp³-hybridized carbons (Fsp3) is 0.611. The van der Waals surface area contributed by atoms with Crippen LogP contribution in [0, 0.1) is 5.92 Å². The smallest absolute Gasteiger partial charge is 0.253 e. The summed E-state index contributed by atoms with van der Waals surface area (Å²) in [6.07, 6.45) is 4.76. The van der Waals surface area contributed by atoms with Crippen molar-refractivity contribution < 1.29 is 14.3 Å². The lowest BCUT2D eigenvalue weighted by Crippen LogP contribution is -2.43. The molecule has 2 fully saturated rings. The predicted molar refractivity (Wildman–Crippen MR) is 96.4 cm³/mol. The second kappa shape index (κ2) is 8.58. The Hall–Kier alpha value is -1.46. The van der Waals surface area contributed by atoms with Gasteiger partial charge < -0.3 is 19.7 Å². The van der Waals surface area contributed by atoms with E-state index in [1.54, 1.807) is 26.4 Å². The number of likely N-dealkylation sites (tertiary alicyclic amines) is 1. The van der Waals surface area contributed by atoms with E-state index in [0.717, 1.165) is 32.5 Å². The van der Waals surface area contributed by atoms with Crippen molar-refractivity contribution in [3.05, 3.63) is 23.8 Å². The van der Waals surface area contributed by atoms with Gasteiger partial charge >= 0.3 is 0 Å². The third kappa shape index (κ3) is 3.95. The minimum Gasteiger partial charge on any atom is -0.493 e. The van der Waals surface area contributed by atoms with E-state index in [-0.39, 0.29) is 18.3 Å². The molecule has 5 nitrogen and oxygen atoms in total. The number of halogens is 1. The normalized spacial score (nSPS) is 21.2. The quantitative estimate of drug-likeness (QED) is 0.903. The molecule has 1 unspecified atom stereocenters. The van der Waals surface area contributed by atoms with Gasteiger partial charge in [0.25, 0.3) is 5.91 Å². The monoisotopic (exact) mass is 354 g/mol. The van der Waals surface area contributed by atoms with Crippen LogP contribution in [0.25, 0.3) is 0 Å². The Bertz CT molecular complexity index is 553. The number of carbonyl (C=O) groups excluding carboxylic acids is 1. The van der Waals surface area contributed by atoms with Gasteiger partial charge in [0, 0.05) is 24.7 Å². The molecule has 1 N–H and O–H groups in total. The third-order valence-corrected chi connectivity index (χ3v) is 5.12. The first-order chi connectivity index (χ1) is 11.2. The van der Waals surface area contributed by atoms with Crippen molar-refractivity contribution in [1.82, 2.24) is 10.2 Å². The van der Waals surface area contributed by atoms with Crippen LogP contribution < -0.4 is 14.8 Å². The maximum atomic E-state index is 12.7. The van der Waals surface area contributed by atoms with Crippen molar-refractivity contribution in [2.24, 2.45) is 5.92 Å². The number of carbonyl (C=O) groups is 1. The van der Waals surface area contributed by atoms with Gasteiger partial charge in [-0.25, -0.2) is 0 Å². The number of piperidine rings is 1. The molecule has 1 aromatic rings. The zero-order valence-electron chi connectivity index (χ0n) is 14.4. The highest BCUT2D eigenvalue weighted by molar-refractivity contribution is 5.95. The number of rotatable bonds is 4. The van der Waals surface area contributed by atoms with Crippen LogP contribution >= 0.6 is 12.4 Å². The van der Waals surface area contributed by atoms with Crippen LogP contribution in [-0.2, 0) is 0 Å². The lowest BCUT2D eigenvalue weighted by molar-refractivity contribution is 0.0674. The van der Waals surface area contributed by atoms with Crippen molar-refractivity contribution in [2.45, 2.75) is 31.7 Å². The van der Waals surface area contributed by atoms with Crippen LogP contribution in [0.3, 0.4) is 0 Å². The Balaban J connectivity index is 0.00000208. The molecule has 0 aromatic heterocycles. The van der Waals surface area contributed by atoms with Gasteiger partial charge in [0.1, 0.15) is 0 Å². The highest BCUT2D eigenvalue weighted by atomic mass is 35.5. The van der Waals surface area contributed by atoms with Gasteiger partial charge in [-0.2, -0.15) is 0 Å². The maximum Gasteiger partial charge on any atom is 0.253 e. The zero-order valence-corrected chi connectivity index (χ0v) is 15.2. The molecular formula is C18H27ClN2O3. The molecule has 0 saturated carbocycles. The van der Waals surface area contributed by atoms with Gasteiger partial charge in [-0.1, -0.05) is 0 Å². The van der Waals surface area contributed by atoms with Crippen molar-refractivity contribution in [1.29, 1.82) is 0 Å². The molecule has 2 aliphatic heterocycles. The molecule has 0 aliphatic carbocycles. The summed E-state index contributed by atoms with van der Waals surface area (Å²) in [4.78, 5) is 14.7. The summed E-state index contributed by atoms with van der Waals surface area (Å²) in [5.41, 5.74) is 0.667. The summed E-state index contributed by atoms with van der Waals surface area (Å²) in [5, 5.41) is 3.60. The summed E-state index contributed by atoms with van der Waals surface area (Å²) >= 11 is 0. The van der Waals surface area contributed by atoms with Crippen LogP contribution in [0.1, 0.15) is 36.0 Å². The topological polar surface area (TPSA) is 50.8 Å². The molecule has 1 aromatic carbocycles. The molecule has 2 heterocycles. The number of hydrogen-bond acceptors (Lipinski definition) is 4. The minimum atomic E-state index is 0. The van der Waals surface area contributed by atoms with E-state index in [9.17, 15) is 4.79 Å². The van der Waals surface area contributed by atoms with Crippen LogP contribution in [0.5, 0.6) is 11.5 Å². The number of hydrogen-bond donors (Lipinski definition) is 1. The summed E-state index contributed by atoms with van der Waals surface area (Å²) in [6, 6.07) is 6.04. The van der Waals surface area contributed by atoms with E-state index in [1.807, 2.05) is 11.0 Å². The second-order valence-corrected chi connectivity index (χ2v) is 6.40. The number of amides is 1. The largest absolute Gasteiger partial charge is 0.493 e. The van der Waals surface area contributed by atoms with E-state index < -0.39 is 0 Å². The standard InChI is InChI=1S/C18H26N2O3.ClH/c1-22-16-6-5-14(12-17(16)23-2)18(21)20-10-7-13(8-11-20)15-4-3-9-19-15;/h5-6,12-13,15,19H,3-4,7-11H2,1-2H3;1H. The lowest BCUT2D eigenvalue weighted by Gasteiger charge is -2.35. The second-order valence-electron chi connectivity index (χ2n) is 6.40. The predicted octanol–water partition coefficient (Wildman–Crippen LogP) is 2.73. The number of nitrogens with one attached hydrogen (secondary N) is 1. The van der Waals surface area contributed by atoms with E-state index >= 15 is 0 Å². The van der Waals surface area contributed by atoms with Gasteiger partial charge in [0.2, 0.25) is 0 Å². The van der Waals surface area contributed by atoms with Crippen LogP contribution in [-0.4, -0.2) is 50.7 Å². The molecule has 134 valence electrons. The van der Waals surface area contributed by atoms with E-state index in [1.165, 1.54) is 12.8 Å². The molecule has 0 radical (unpaired) electrons. The van der Waals surface area contributed by atoms with E-state index in [4.69, 9.17) is 9.47 Å². The molecular weight excluding hydrogens is 328 g/mol. The molecule has 24 heavy (non-hydrogen) atoms. The number of methoxy groups -OCH3 is 2. The van der Waals surface area contributed by atoms with Gasteiger partial charge in [-0.15, -0.1) is 12.4 Å².